The van der Waals surface area contributed by atoms with Crippen molar-refractivity contribution in [3.8, 4) is 11.5 Å². The van der Waals surface area contributed by atoms with E-state index < -0.39 is 5.97 Å². The molecule has 0 spiro atoms. The number of carbonyl (C=O) groups is 2. The summed E-state index contributed by atoms with van der Waals surface area (Å²) in [5, 5.41) is 7.01. The lowest BCUT2D eigenvalue weighted by molar-refractivity contribution is -0.119. The number of halogens is 1. The smallest absolute Gasteiger partial charge is 0.344 e. The van der Waals surface area contributed by atoms with Crippen LogP contribution in [0.3, 0.4) is 0 Å². The van der Waals surface area contributed by atoms with E-state index in [4.69, 9.17) is 9.47 Å². The Morgan fingerprint density at radius 2 is 1.84 bits per heavy atom. The summed E-state index contributed by atoms with van der Waals surface area (Å²) < 4.78 is 11.6. The van der Waals surface area contributed by atoms with Crippen molar-refractivity contribution >= 4 is 46.4 Å². The maximum Gasteiger partial charge on any atom is 0.344 e. The number of aryl methyl sites for hydroxylation is 1. The highest BCUT2D eigenvalue weighted by atomic mass is 127. The largest absolute Gasteiger partial charge is 0.493 e. The molecule has 0 aliphatic carbocycles. The molecule has 3 aromatic carbocycles. The standard InChI is InChI=1S/C24H22IN3O4/c1-16-6-5-7-18(12-16)26-15-23(29)28-27-14-17-10-11-21(22(13-17)31-2)32-24(30)19-8-3-4-9-20(19)25/h3-14,26H,15H2,1-2H3,(H,28,29)/b27-14-. The molecule has 2 N–H and O–H groups in total. The first-order valence-electron chi connectivity index (χ1n) is 9.73. The highest BCUT2D eigenvalue weighted by Gasteiger charge is 2.15. The van der Waals surface area contributed by atoms with Crippen LogP contribution < -0.4 is 20.2 Å². The van der Waals surface area contributed by atoms with E-state index in [1.54, 1.807) is 30.3 Å². The lowest BCUT2D eigenvalue weighted by Crippen LogP contribution is -2.25. The van der Waals surface area contributed by atoms with Gasteiger partial charge in [0, 0.05) is 9.26 Å². The molecule has 0 atom stereocenters. The summed E-state index contributed by atoms with van der Waals surface area (Å²) in [6.07, 6.45) is 1.48. The van der Waals surface area contributed by atoms with Gasteiger partial charge in [0.1, 0.15) is 0 Å². The number of rotatable bonds is 8. The molecule has 0 radical (unpaired) electrons. The van der Waals surface area contributed by atoms with Crippen molar-refractivity contribution in [2.75, 3.05) is 19.0 Å². The summed E-state index contributed by atoms with van der Waals surface area (Å²) in [4.78, 5) is 24.4. The van der Waals surface area contributed by atoms with Crippen molar-refractivity contribution in [3.63, 3.8) is 0 Å². The predicted molar refractivity (Wildman–Crippen MR) is 133 cm³/mol. The molecule has 8 heteroatoms. The van der Waals surface area contributed by atoms with E-state index in [0.717, 1.165) is 14.8 Å². The molecule has 0 fully saturated rings. The van der Waals surface area contributed by atoms with Crippen molar-refractivity contribution in [2.24, 2.45) is 5.10 Å². The summed E-state index contributed by atoms with van der Waals surface area (Å²) in [7, 11) is 1.48. The second-order valence-electron chi connectivity index (χ2n) is 6.80. The normalized spacial score (nSPS) is 10.6. The summed E-state index contributed by atoms with van der Waals surface area (Å²) in [6, 6.07) is 19.9. The Kier molecular flexibility index (Phi) is 8.20. The molecule has 7 nitrogen and oxygen atoms in total. The fourth-order valence-electron chi connectivity index (χ4n) is 2.79. The van der Waals surface area contributed by atoms with Crippen LogP contribution in [0.15, 0.2) is 71.8 Å². The molecule has 0 saturated carbocycles. The Balaban J connectivity index is 1.58. The number of ether oxygens (including phenoxy) is 2. The second kappa shape index (κ2) is 11.3. The van der Waals surface area contributed by atoms with Gasteiger partial charge in [0.25, 0.3) is 5.91 Å². The van der Waals surface area contributed by atoms with Crippen molar-refractivity contribution in [1.82, 2.24) is 5.43 Å². The Morgan fingerprint density at radius 3 is 2.59 bits per heavy atom. The van der Waals surface area contributed by atoms with Gasteiger partial charge in [-0.15, -0.1) is 0 Å². The Morgan fingerprint density at radius 1 is 1.03 bits per heavy atom. The first-order chi connectivity index (χ1) is 15.5. The fourth-order valence-corrected chi connectivity index (χ4v) is 3.39. The second-order valence-corrected chi connectivity index (χ2v) is 7.96. The van der Waals surface area contributed by atoms with Gasteiger partial charge in [-0.2, -0.15) is 5.10 Å². The lowest BCUT2D eigenvalue weighted by atomic mass is 10.2. The number of nitrogens with one attached hydrogen (secondary N) is 2. The minimum Gasteiger partial charge on any atom is -0.493 e. The molecule has 0 saturated heterocycles. The Hall–Kier alpha value is -3.40. The van der Waals surface area contributed by atoms with Gasteiger partial charge in [0.2, 0.25) is 0 Å². The number of methoxy groups -OCH3 is 1. The summed E-state index contributed by atoms with van der Waals surface area (Å²) >= 11 is 2.08. The third kappa shape index (κ3) is 6.55. The number of amides is 1. The van der Waals surface area contributed by atoms with Crippen LogP contribution in [-0.2, 0) is 4.79 Å². The van der Waals surface area contributed by atoms with Crippen LogP contribution in [0.2, 0.25) is 0 Å². The SMILES string of the molecule is COc1cc(/C=N\NC(=O)CNc2cccc(C)c2)ccc1OC(=O)c1ccccc1I. The highest BCUT2D eigenvalue weighted by molar-refractivity contribution is 14.1. The zero-order chi connectivity index (χ0) is 22.9. The molecule has 0 aromatic heterocycles. The van der Waals surface area contributed by atoms with E-state index >= 15 is 0 Å². The molecule has 0 bridgehead atoms. The number of carbonyl (C=O) groups excluding carboxylic acids is 2. The van der Waals surface area contributed by atoms with E-state index in [1.807, 2.05) is 43.3 Å². The Bertz CT molecular complexity index is 1150. The number of anilines is 1. The monoisotopic (exact) mass is 543 g/mol. The van der Waals surface area contributed by atoms with E-state index in [2.05, 4.69) is 38.4 Å². The average Bonchev–Trinajstić information content (AvgIpc) is 2.79. The van der Waals surface area contributed by atoms with Crippen LogP contribution in [0.1, 0.15) is 21.5 Å². The van der Waals surface area contributed by atoms with Crippen molar-refractivity contribution < 1.29 is 19.1 Å². The maximum atomic E-state index is 12.5. The van der Waals surface area contributed by atoms with E-state index in [9.17, 15) is 9.59 Å². The van der Waals surface area contributed by atoms with Gasteiger partial charge in [-0.1, -0.05) is 24.3 Å². The maximum absolute atomic E-state index is 12.5. The van der Waals surface area contributed by atoms with Crippen LogP contribution in [0.25, 0.3) is 0 Å². The molecular formula is C24H22IN3O4. The molecule has 0 aliphatic heterocycles. The van der Waals surface area contributed by atoms with Crippen molar-refractivity contribution in [2.45, 2.75) is 6.92 Å². The number of nitrogens with zero attached hydrogens (tertiary/aromatic N) is 1. The summed E-state index contributed by atoms with van der Waals surface area (Å²) in [6.45, 7) is 2.08. The minimum atomic E-state index is -0.469. The molecule has 1 amide bonds. The quantitative estimate of drug-likeness (QED) is 0.145. The zero-order valence-electron chi connectivity index (χ0n) is 17.6. The zero-order valence-corrected chi connectivity index (χ0v) is 19.8. The van der Waals surface area contributed by atoms with Gasteiger partial charge >= 0.3 is 5.97 Å². The van der Waals surface area contributed by atoms with Crippen LogP contribution >= 0.6 is 22.6 Å². The van der Waals surface area contributed by atoms with Crippen LogP contribution in [-0.4, -0.2) is 31.7 Å². The third-order valence-corrected chi connectivity index (χ3v) is 5.30. The predicted octanol–water partition coefficient (Wildman–Crippen LogP) is 4.39. The number of hydrogen-bond acceptors (Lipinski definition) is 6. The van der Waals surface area contributed by atoms with Gasteiger partial charge in [0.15, 0.2) is 11.5 Å². The molecule has 0 heterocycles. The minimum absolute atomic E-state index is 0.0945. The third-order valence-electron chi connectivity index (χ3n) is 4.36. The molecule has 3 aromatic rings. The molecule has 0 aliphatic rings. The van der Waals surface area contributed by atoms with E-state index in [1.165, 1.54) is 13.3 Å². The topological polar surface area (TPSA) is 89.0 Å². The average molecular weight is 543 g/mol. The van der Waals surface area contributed by atoms with Crippen LogP contribution in [0, 0.1) is 10.5 Å². The molecular weight excluding hydrogens is 521 g/mol. The van der Waals surface area contributed by atoms with Gasteiger partial charge in [-0.3, -0.25) is 4.79 Å². The van der Waals surface area contributed by atoms with E-state index in [0.29, 0.717) is 22.6 Å². The van der Waals surface area contributed by atoms with Crippen molar-refractivity contribution in [3.05, 3.63) is 87.0 Å². The number of hydrogen-bond donors (Lipinski definition) is 2. The van der Waals surface area contributed by atoms with Gasteiger partial charge in [0.05, 0.1) is 25.4 Å². The molecule has 0 unspecified atom stereocenters. The molecule has 32 heavy (non-hydrogen) atoms. The summed E-state index contributed by atoms with van der Waals surface area (Å²) in [5.41, 5.74) is 5.58. The van der Waals surface area contributed by atoms with Gasteiger partial charge < -0.3 is 14.8 Å². The summed E-state index contributed by atoms with van der Waals surface area (Å²) in [5.74, 6) is -0.0813. The van der Waals surface area contributed by atoms with Crippen molar-refractivity contribution in [1.29, 1.82) is 0 Å². The van der Waals surface area contributed by atoms with Crippen LogP contribution in [0.5, 0.6) is 11.5 Å². The lowest BCUT2D eigenvalue weighted by Gasteiger charge is -2.10. The number of esters is 1. The molecule has 164 valence electrons. The van der Waals surface area contributed by atoms with E-state index in [-0.39, 0.29) is 12.5 Å². The highest BCUT2D eigenvalue weighted by Crippen LogP contribution is 2.29. The Labute approximate surface area is 200 Å². The number of benzene rings is 3. The first-order valence-corrected chi connectivity index (χ1v) is 10.8. The van der Waals surface area contributed by atoms with Gasteiger partial charge in [-0.05, 0) is 83.1 Å². The van der Waals surface area contributed by atoms with Crippen LogP contribution in [0.4, 0.5) is 5.69 Å². The molecule has 3 rings (SSSR count). The number of hydrazone groups is 1. The van der Waals surface area contributed by atoms with Gasteiger partial charge in [-0.25, -0.2) is 10.2 Å². The fraction of sp³-hybridized carbons (Fsp3) is 0.125. The first kappa shape index (κ1) is 23.3.